The molecule has 258 valence electrons. The van der Waals surface area contributed by atoms with Crippen LogP contribution in [0.4, 0.5) is 0 Å². The standard InChI is InChI=1S/C48H36N6/c1-29-3-11-33(12-4-29)45-37-19-23-41(51-37)47(35-15-7-31(27-49)8-16-35)43-25-21-39(53-43)46(34-13-5-30(2)6-14-34)40-22-26-44(54-40)48(42-24-20-38(45)52-42)36-17-9-32(28-50)10-18-36/h3-28,49-51,54H,1-2H3. The first-order valence-electron chi connectivity index (χ1n) is 18.0. The Morgan fingerprint density at radius 2 is 0.630 bits per heavy atom. The van der Waals surface area contributed by atoms with Crippen LogP contribution in [0.2, 0.25) is 0 Å². The third-order valence-corrected chi connectivity index (χ3v) is 10.2. The van der Waals surface area contributed by atoms with Gasteiger partial charge in [-0.3, -0.25) is 0 Å². The average Bonchev–Trinajstić information content (AvgIpc) is 4.05. The molecule has 3 aromatic heterocycles. The number of aromatic nitrogens is 4. The zero-order valence-corrected chi connectivity index (χ0v) is 29.9. The minimum atomic E-state index is 0.836. The predicted molar refractivity (Wildman–Crippen MR) is 226 cm³/mol. The van der Waals surface area contributed by atoms with E-state index in [0.717, 1.165) is 100 Å². The van der Waals surface area contributed by atoms with E-state index >= 15 is 0 Å². The molecule has 4 N–H and O–H groups in total. The summed E-state index contributed by atoms with van der Waals surface area (Å²) in [5.41, 5.74) is 19.2. The number of H-pyrrole nitrogens is 2. The van der Waals surface area contributed by atoms with E-state index in [1.807, 2.05) is 24.3 Å². The molecule has 9 rings (SSSR count). The minimum absolute atomic E-state index is 0.836. The summed E-state index contributed by atoms with van der Waals surface area (Å²) in [5, 5.41) is 15.6. The molecule has 4 aromatic carbocycles. The second-order valence-corrected chi connectivity index (χ2v) is 13.8. The third kappa shape index (κ3) is 5.90. The van der Waals surface area contributed by atoms with Gasteiger partial charge in [0, 0.05) is 56.7 Å². The number of aryl methyl sites for hydroxylation is 2. The van der Waals surface area contributed by atoms with Crippen molar-refractivity contribution in [2.75, 3.05) is 0 Å². The van der Waals surface area contributed by atoms with Crippen molar-refractivity contribution in [3.05, 3.63) is 166 Å². The van der Waals surface area contributed by atoms with E-state index in [0.29, 0.717) is 0 Å². The zero-order valence-electron chi connectivity index (χ0n) is 29.9. The number of nitrogens with zero attached hydrogens (tertiary/aromatic N) is 2. The van der Waals surface area contributed by atoms with E-state index in [2.05, 4.69) is 145 Å². The van der Waals surface area contributed by atoms with Crippen molar-refractivity contribution in [1.82, 2.24) is 19.9 Å². The van der Waals surface area contributed by atoms with Crippen molar-refractivity contribution in [3.63, 3.8) is 0 Å². The monoisotopic (exact) mass is 696 g/mol. The van der Waals surface area contributed by atoms with Gasteiger partial charge in [0.05, 0.1) is 22.8 Å². The summed E-state index contributed by atoms with van der Waals surface area (Å²) < 4.78 is 0. The molecule has 2 aliphatic heterocycles. The van der Waals surface area contributed by atoms with Crippen LogP contribution in [0.3, 0.4) is 0 Å². The first-order chi connectivity index (χ1) is 26.4. The first kappa shape index (κ1) is 32.7. The Balaban J connectivity index is 1.46. The Labute approximate surface area is 313 Å². The Kier molecular flexibility index (Phi) is 8.13. The van der Waals surface area contributed by atoms with Gasteiger partial charge in [-0.15, -0.1) is 0 Å². The molecule has 0 saturated heterocycles. The Bertz CT molecular complexity index is 2630. The van der Waals surface area contributed by atoms with E-state index in [1.54, 1.807) is 0 Å². The summed E-state index contributed by atoms with van der Waals surface area (Å²) in [6.07, 6.45) is 11.1. The lowest BCUT2D eigenvalue weighted by Crippen LogP contribution is -1.90. The SMILES string of the molecule is Cc1ccc(-c2c3nc(c(-c4ccc(C=N)cc4)c4ccc([nH]4)c(-c4ccc(C)cc4)c4nc(c(-c5ccc(C=N)cc5)c5ccc2[nH]5)C=C4)C=C3)cc1. The van der Waals surface area contributed by atoms with Crippen molar-refractivity contribution in [2.45, 2.75) is 13.8 Å². The van der Waals surface area contributed by atoms with Crippen molar-refractivity contribution in [3.8, 4) is 44.5 Å². The molecule has 0 fully saturated rings. The quantitative estimate of drug-likeness (QED) is 0.130. The number of benzene rings is 4. The molecule has 0 unspecified atom stereocenters. The van der Waals surface area contributed by atoms with Gasteiger partial charge >= 0.3 is 0 Å². The smallest absolute Gasteiger partial charge is 0.0737 e. The number of hydrogen-bond acceptors (Lipinski definition) is 4. The largest absolute Gasteiger partial charge is 0.354 e. The topological polar surface area (TPSA) is 105 Å². The lowest BCUT2D eigenvalue weighted by atomic mass is 10.0. The van der Waals surface area contributed by atoms with E-state index < -0.39 is 0 Å². The maximum Gasteiger partial charge on any atom is 0.0737 e. The predicted octanol–water partition coefficient (Wildman–Crippen LogP) is 11.9. The number of nitrogens with one attached hydrogen (secondary N) is 4. The number of hydrogen-bond donors (Lipinski definition) is 4. The van der Waals surface area contributed by atoms with E-state index in [-0.39, 0.29) is 0 Å². The highest BCUT2D eigenvalue weighted by Crippen LogP contribution is 2.38. The maximum absolute atomic E-state index is 7.80. The number of fused-ring (bicyclic) bond motifs is 8. The van der Waals surface area contributed by atoms with Crippen LogP contribution >= 0.6 is 0 Å². The summed E-state index contributed by atoms with van der Waals surface area (Å²) in [6.45, 7) is 4.20. The average molecular weight is 697 g/mol. The fourth-order valence-corrected chi connectivity index (χ4v) is 7.35. The Morgan fingerprint density at radius 1 is 0.370 bits per heavy atom. The van der Waals surface area contributed by atoms with Gasteiger partial charge in [0.1, 0.15) is 0 Å². The minimum Gasteiger partial charge on any atom is -0.354 e. The van der Waals surface area contributed by atoms with Gasteiger partial charge in [-0.2, -0.15) is 0 Å². The van der Waals surface area contributed by atoms with E-state index in [9.17, 15) is 0 Å². The molecule has 0 radical (unpaired) electrons. The molecule has 2 aliphatic rings. The van der Waals surface area contributed by atoms with E-state index in [4.69, 9.17) is 20.8 Å². The molecule has 6 nitrogen and oxygen atoms in total. The van der Waals surface area contributed by atoms with Gasteiger partial charge in [-0.1, -0.05) is 108 Å². The van der Waals surface area contributed by atoms with Crippen molar-refractivity contribution >= 4 is 58.8 Å². The van der Waals surface area contributed by atoms with Crippen LogP contribution < -0.4 is 0 Å². The first-order valence-corrected chi connectivity index (χ1v) is 18.0. The molecule has 0 saturated carbocycles. The van der Waals surface area contributed by atoms with Crippen LogP contribution in [0.15, 0.2) is 121 Å². The molecule has 0 aliphatic carbocycles. The van der Waals surface area contributed by atoms with Gasteiger partial charge < -0.3 is 20.8 Å². The van der Waals surface area contributed by atoms with Gasteiger partial charge in [0.25, 0.3) is 0 Å². The molecule has 7 aromatic rings. The number of aromatic amines is 2. The van der Waals surface area contributed by atoms with Crippen LogP contribution in [-0.2, 0) is 0 Å². The zero-order chi connectivity index (χ0) is 36.8. The summed E-state index contributed by atoms with van der Waals surface area (Å²) in [6, 6.07) is 41.8. The highest BCUT2D eigenvalue weighted by molar-refractivity contribution is 6.00. The molecule has 5 heterocycles. The molecule has 8 bridgehead atoms. The van der Waals surface area contributed by atoms with Crippen LogP contribution in [0.5, 0.6) is 0 Å². The van der Waals surface area contributed by atoms with Crippen molar-refractivity contribution in [1.29, 1.82) is 10.8 Å². The van der Waals surface area contributed by atoms with Crippen LogP contribution in [0.1, 0.15) is 45.0 Å². The fourth-order valence-electron chi connectivity index (χ4n) is 7.35. The van der Waals surface area contributed by atoms with Gasteiger partial charge in [0.15, 0.2) is 0 Å². The molecular weight excluding hydrogens is 661 g/mol. The summed E-state index contributed by atoms with van der Waals surface area (Å²) >= 11 is 0. The normalized spacial score (nSPS) is 11.9. The molecule has 6 heteroatoms. The second kappa shape index (κ2) is 13.4. The maximum atomic E-state index is 7.80. The van der Waals surface area contributed by atoms with Gasteiger partial charge in [0.2, 0.25) is 0 Å². The summed E-state index contributed by atoms with van der Waals surface area (Å²) in [4.78, 5) is 18.3. The molecule has 54 heavy (non-hydrogen) atoms. The molecular formula is C48H36N6. The van der Waals surface area contributed by atoms with Crippen LogP contribution in [0.25, 0.3) is 90.9 Å². The summed E-state index contributed by atoms with van der Waals surface area (Å²) in [7, 11) is 0. The van der Waals surface area contributed by atoms with Crippen molar-refractivity contribution in [2.24, 2.45) is 0 Å². The Morgan fingerprint density at radius 3 is 0.889 bits per heavy atom. The van der Waals surface area contributed by atoms with Crippen LogP contribution in [-0.4, -0.2) is 32.4 Å². The summed E-state index contributed by atoms with van der Waals surface area (Å²) in [5.74, 6) is 0. The third-order valence-electron chi connectivity index (χ3n) is 10.2. The van der Waals surface area contributed by atoms with Crippen LogP contribution in [0, 0.1) is 24.7 Å². The van der Waals surface area contributed by atoms with E-state index in [1.165, 1.54) is 23.6 Å². The fraction of sp³-hybridized carbons (Fsp3) is 0.0417. The second-order valence-electron chi connectivity index (χ2n) is 13.8. The van der Waals surface area contributed by atoms with Gasteiger partial charge in [-0.25, -0.2) is 9.97 Å². The lowest BCUT2D eigenvalue weighted by Gasteiger charge is -2.07. The lowest BCUT2D eigenvalue weighted by molar-refractivity contribution is 1.31. The highest BCUT2D eigenvalue weighted by Gasteiger charge is 2.19. The molecule has 0 atom stereocenters. The molecule has 0 amide bonds. The molecule has 0 spiro atoms. The Hall–Kier alpha value is -7.18. The highest BCUT2D eigenvalue weighted by atomic mass is 14.8. The van der Waals surface area contributed by atoms with Gasteiger partial charge in [-0.05, 0) is 95.8 Å². The van der Waals surface area contributed by atoms with Crippen molar-refractivity contribution < 1.29 is 0 Å². The number of rotatable bonds is 6.